The molecule has 0 amide bonds. The molecule has 0 saturated carbocycles. The fourth-order valence-corrected chi connectivity index (χ4v) is 2.63. The quantitative estimate of drug-likeness (QED) is 0.856. The van der Waals surface area contributed by atoms with Gasteiger partial charge in [0.2, 0.25) is 0 Å². The number of pyridine rings is 1. The van der Waals surface area contributed by atoms with E-state index < -0.39 is 5.60 Å². The molecule has 1 fully saturated rings. The molecule has 1 aliphatic heterocycles. The maximum atomic E-state index is 10.7. The van der Waals surface area contributed by atoms with E-state index in [-0.39, 0.29) is 0 Å². The predicted octanol–water partition coefficient (Wildman–Crippen LogP) is 1.83. The van der Waals surface area contributed by atoms with Gasteiger partial charge in [-0.3, -0.25) is 4.98 Å². The minimum Gasteiger partial charge on any atom is -0.495 e. The van der Waals surface area contributed by atoms with Crippen LogP contribution in [0.3, 0.4) is 0 Å². The molecule has 0 radical (unpaired) electrons. The van der Waals surface area contributed by atoms with Gasteiger partial charge in [0.25, 0.3) is 0 Å². The lowest BCUT2D eigenvalue weighted by atomic mass is 9.88. The van der Waals surface area contributed by atoms with Gasteiger partial charge in [0.1, 0.15) is 17.0 Å². The minimum atomic E-state index is -0.957. The third kappa shape index (κ3) is 3.00. The summed E-state index contributed by atoms with van der Waals surface area (Å²) in [5.41, 5.74) is -0.332. The Kier molecular flexibility index (Phi) is 4.19. The normalized spacial score (nSPS) is 23.4. The Hall–Kier alpha value is -1.13. The van der Waals surface area contributed by atoms with E-state index in [2.05, 4.69) is 10.3 Å². The van der Waals surface area contributed by atoms with Crippen molar-refractivity contribution in [2.75, 3.05) is 13.7 Å². The summed E-state index contributed by atoms with van der Waals surface area (Å²) in [6.45, 7) is 2.86. The molecule has 0 bridgehead atoms. The van der Waals surface area contributed by atoms with Crippen LogP contribution in [0.2, 0.25) is 0 Å². The molecule has 0 aliphatic carbocycles. The molecule has 1 aromatic heterocycles. The highest BCUT2D eigenvalue weighted by Crippen LogP contribution is 2.32. The van der Waals surface area contributed by atoms with Crippen molar-refractivity contribution < 1.29 is 9.84 Å². The van der Waals surface area contributed by atoms with Crippen molar-refractivity contribution >= 4 is 0 Å². The molecule has 4 heteroatoms. The first-order chi connectivity index (χ1) is 8.63. The number of rotatable bonds is 4. The molecular formula is C14H22N2O2. The summed E-state index contributed by atoms with van der Waals surface area (Å²) < 4.78 is 5.28. The number of aromatic nitrogens is 1. The number of methoxy groups -OCH3 is 1. The topological polar surface area (TPSA) is 54.4 Å². The van der Waals surface area contributed by atoms with Crippen molar-refractivity contribution in [2.24, 2.45) is 0 Å². The first-order valence-corrected chi connectivity index (χ1v) is 6.59. The van der Waals surface area contributed by atoms with Gasteiger partial charge in [-0.1, -0.05) is 6.42 Å². The number of hydrogen-bond acceptors (Lipinski definition) is 4. The van der Waals surface area contributed by atoms with Gasteiger partial charge in [0.05, 0.1) is 7.11 Å². The van der Waals surface area contributed by atoms with Crippen molar-refractivity contribution in [1.82, 2.24) is 10.3 Å². The first-order valence-electron chi connectivity index (χ1n) is 6.59. The summed E-state index contributed by atoms with van der Waals surface area (Å²) in [6, 6.07) is 4.02. The zero-order valence-corrected chi connectivity index (χ0v) is 11.1. The zero-order chi connectivity index (χ0) is 13.0. The molecule has 1 saturated heterocycles. The second kappa shape index (κ2) is 5.67. The summed E-state index contributed by atoms with van der Waals surface area (Å²) in [6.07, 6.45) is 5.94. The maximum Gasteiger partial charge on any atom is 0.143 e. The molecule has 0 spiro atoms. The van der Waals surface area contributed by atoms with Crippen molar-refractivity contribution in [2.45, 2.75) is 44.2 Å². The Morgan fingerprint density at radius 1 is 1.56 bits per heavy atom. The largest absolute Gasteiger partial charge is 0.495 e. The van der Waals surface area contributed by atoms with E-state index in [4.69, 9.17) is 4.74 Å². The van der Waals surface area contributed by atoms with Gasteiger partial charge in [0.15, 0.2) is 0 Å². The van der Waals surface area contributed by atoms with Crippen LogP contribution in [0.25, 0.3) is 0 Å². The van der Waals surface area contributed by atoms with Gasteiger partial charge in [0, 0.05) is 12.2 Å². The Morgan fingerprint density at radius 2 is 2.39 bits per heavy atom. The zero-order valence-electron chi connectivity index (χ0n) is 11.1. The van der Waals surface area contributed by atoms with Crippen molar-refractivity contribution in [3.63, 3.8) is 0 Å². The Bertz CT molecular complexity index is 387. The van der Waals surface area contributed by atoms with Crippen molar-refractivity contribution in [3.8, 4) is 5.75 Å². The Balaban J connectivity index is 2.13. The number of ether oxygens (including phenoxy) is 1. The van der Waals surface area contributed by atoms with Gasteiger partial charge < -0.3 is 15.2 Å². The molecule has 4 nitrogen and oxygen atoms in total. The lowest BCUT2D eigenvalue weighted by Gasteiger charge is -2.31. The summed E-state index contributed by atoms with van der Waals surface area (Å²) >= 11 is 0. The van der Waals surface area contributed by atoms with Crippen molar-refractivity contribution in [1.29, 1.82) is 0 Å². The Labute approximate surface area is 108 Å². The van der Waals surface area contributed by atoms with Crippen molar-refractivity contribution in [3.05, 3.63) is 24.0 Å². The van der Waals surface area contributed by atoms with E-state index in [1.165, 1.54) is 12.8 Å². The molecule has 2 unspecified atom stereocenters. The monoisotopic (exact) mass is 250 g/mol. The molecule has 1 aromatic rings. The van der Waals surface area contributed by atoms with Crippen LogP contribution >= 0.6 is 0 Å². The highest BCUT2D eigenvalue weighted by atomic mass is 16.5. The summed E-state index contributed by atoms with van der Waals surface area (Å²) in [5.74, 6) is 0.651. The van der Waals surface area contributed by atoms with E-state index in [0.29, 0.717) is 23.9 Å². The number of hydrogen-bond donors (Lipinski definition) is 2. The predicted molar refractivity (Wildman–Crippen MR) is 70.6 cm³/mol. The third-order valence-electron chi connectivity index (χ3n) is 3.56. The molecule has 2 N–H and O–H groups in total. The second-order valence-corrected chi connectivity index (χ2v) is 5.18. The van der Waals surface area contributed by atoms with Crippen LogP contribution in [0.5, 0.6) is 5.75 Å². The van der Waals surface area contributed by atoms with Crippen LogP contribution in [-0.2, 0) is 5.60 Å². The van der Waals surface area contributed by atoms with Gasteiger partial charge in [-0.2, -0.15) is 0 Å². The number of aliphatic hydroxyl groups is 1. The molecule has 2 rings (SSSR count). The molecule has 100 valence electrons. The number of piperidine rings is 1. The summed E-state index contributed by atoms with van der Waals surface area (Å²) in [5, 5.41) is 14.1. The minimum absolute atomic E-state index is 0.362. The Morgan fingerprint density at radius 3 is 3.06 bits per heavy atom. The molecule has 2 atom stereocenters. The molecule has 0 aromatic carbocycles. The van der Waals surface area contributed by atoms with Crippen LogP contribution in [0.1, 0.15) is 38.3 Å². The molecule has 1 aliphatic rings. The lowest BCUT2D eigenvalue weighted by molar-refractivity contribution is 0.0266. The highest BCUT2D eigenvalue weighted by Gasteiger charge is 2.32. The van der Waals surface area contributed by atoms with Gasteiger partial charge in [-0.15, -0.1) is 0 Å². The fourth-order valence-electron chi connectivity index (χ4n) is 2.63. The SMILES string of the molecule is COc1cccnc1C(C)(O)CC1CCCCN1. The third-order valence-corrected chi connectivity index (χ3v) is 3.56. The van der Waals surface area contributed by atoms with Crippen LogP contribution in [0, 0.1) is 0 Å². The molecule has 18 heavy (non-hydrogen) atoms. The average molecular weight is 250 g/mol. The maximum absolute atomic E-state index is 10.7. The van der Waals surface area contributed by atoms with E-state index in [1.807, 2.05) is 19.1 Å². The number of nitrogens with zero attached hydrogens (tertiary/aromatic N) is 1. The lowest BCUT2D eigenvalue weighted by Crippen LogP contribution is -2.40. The van der Waals surface area contributed by atoms with Crippen LogP contribution in [0.15, 0.2) is 18.3 Å². The average Bonchev–Trinajstić information content (AvgIpc) is 2.39. The standard InChI is InChI=1S/C14H22N2O2/c1-14(17,10-11-6-3-4-8-15-11)13-12(18-2)7-5-9-16-13/h5,7,9,11,15,17H,3-4,6,8,10H2,1-2H3. The van der Waals surface area contributed by atoms with E-state index in [0.717, 1.165) is 13.0 Å². The van der Waals surface area contributed by atoms with Gasteiger partial charge in [-0.05, 0) is 44.9 Å². The highest BCUT2D eigenvalue weighted by molar-refractivity contribution is 5.31. The van der Waals surface area contributed by atoms with E-state index in [9.17, 15) is 5.11 Å². The van der Waals surface area contributed by atoms with Crippen LogP contribution < -0.4 is 10.1 Å². The van der Waals surface area contributed by atoms with E-state index >= 15 is 0 Å². The summed E-state index contributed by atoms with van der Waals surface area (Å²) in [7, 11) is 1.61. The van der Waals surface area contributed by atoms with Gasteiger partial charge in [-0.25, -0.2) is 0 Å². The van der Waals surface area contributed by atoms with Crippen LogP contribution in [0.4, 0.5) is 0 Å². The van der Waals surface area contributed by atoms with E-state index in [1.54, 1.807) is 13.3 Å². The fraction of sp³-hybridized carbons (Fsp3) is 0.643. The second-order valence-electron chi connectivity index (χ2n) is 5.18. The molecular weight excluding hydrogens is 228 g/mol. The smallest absolute Gasteiger partial charge is 0.143 e. The number of nitrogens with one attached hydrogen (secondary N) is 1. The van der Waals surface area contributed by atoms with Gasteiger partial charge >= 0.3 is 0 Å². The van der Waals surface area contributed by atoms with Crippen LogP contribution in [-0.4, -0.2) is 29.8 Å². The molecule has 2 heterocycles. The first kappa shape index (κ1) is 13.3. The summed E-state index contributed by atoms with van der Waals surface area (Å²) in [4.78, 5) is 4.28.